The van der Waals surface area contributed by atoms with Crippen LogP contribution in [0.4, 0.5) is 5.69 Å². The lowest BCUT2D eigenvalue weighted by Gasteiger charge is -2.17. The highest BCUT2D eigenvalue weighted by Crippen LogP contribution is 2.22. The molecule has 0 spiro atoms. The molecule has 0 bridgehead atoms. The number of H-pyrrole nitrogens is 1. The number of benzene rings is 1. The summed E-state index contributed by atoms with van der Waals surface area (Å²) in [6.45, 7) is 3.63. The van der Waals surface area contributed by atoms with Gasteiger partial charge in [-0.2, -0.15) is 0 Å². The topological polar surface area (TPSA) is 142 Å². The monoisotopic (exact) mass is 347 g/mol. The molecule has 1 atom stereocenters. The third-order valence-electron chi connectivity index (χ3n) is 3.59. The predicted octanol–water partition coefficient (Wildman–Crippen LogP) is 1.67. The highest BCUT2D eigenvalue weighted by Gasteiger charge is 2.23. The van der Waals surface area contributed by atoms with Crippen molar-refractivity contribution in [2.75, 3.05) is 0 Å². The molecule has 1 aromatic heterocycles. The Morgan fingerprint density at radius 1 is 1.32 bits per heavy atom. The highest BCUT2D eigenvalue weighted by atomic mass is 16.6. The molecule has 0 aliphatic heterocycles. The van der Waals surface area contributed by atoms with Gasteiger partial charge in [0.1, 0.15) is 6.04 Å². The fourth-order valence-electron chi connectivity index (χ4n) is 2.47. The summed E-state index contributed by atoms with van der Waals surface area (Å²) < 4.78 is 0. The number of hydrogen-bond acceptors (Lipinski definition) is 5. The van der Waals surface area contributed by atoms with Crippen LogP contribution in [0.1, 0.15) is 30.6 Å². The second-order valence-electron chi connectivity index (χ2n) is 6.03. The molecular weight excluding hydrogens is 330 g/mol. The lowest BCUT2D eigenvalue weighted by atomic mass is 10.0. The number of aromatic amines is 1. The second kappa shape index (κ2) is 7.12. The molecule has 3 N–H and O–H groups in total. The Bertz CT molecular complexity index is 902. The number of carboxylic acids is 1. The maximum Gasteiger partial charge on any atom is 0.326 e. The number of pyridine rings is 1. The molecule has 0 saturated heterocycles. The summed E-state index contributed by atoms with van der Waals surface area (Å²) in [6.07, 6.45) is 0.211. The molecule has 0 aliphatic rings. The number of nitrogens with zero attached hydrogens (tertiary/aromatic N) is 1. The van der Waals surface area contributed by atoms with Crippen LogP contribution in [0.5, 0.6) is 0 Å². The zero-order chi connectivity index (χ0) is 18.7. The first-order valence-corrected chi connectivity index (χ1v) is 7.54. The molecule has 0 aliphatic carbocycles. The molecule has 0 radical (unpaired) electrons. The molecule has 2 aromatic rings. The van der Waals surface area contributed by atoms with E-state index in [0.29, 0.717) is 0 Å². The van der Waals surface area contributed by atoms with E-state index in [1.807, 2.05) is 13.8 Å². The fourth-order valence-corrected chi connectivity index (χ4v) is 2.47. The number of carbonyl (C=O) groups excluding carboxylic acids is 1. The molecule has 2 rings (SSSR count). The maximum absolute atomic E-state index is 12.5. The Labute approximate surface area is 141 Å². The van der Waals surface area contributed by atoms with Gasteiger partial charge in [-0.25, -0.2) is 4.79 Å². The van der Waals surface area contributed by atoms with Crippen LogP contribution in [0.25, 0.3) is 10.9 Å². The standard InChI is InChI=1S/C16H17N3O6/c1-8(2)5-13(16(22)23)18-15(21)11-7-14(20)17-12-4-3-9(19(24)25)6-10(11)12/h3-4,6-8,13H,5H2,1-2H3,(H,17,20)(H,18,21)(H,22,23)/t13-/m0/s1. The zero-order valence-electron chi connectivity index (χ0n) is 13.6. The molecule has 9 nitrogen and oxygen atoms in total. The van der Waals surface area contributed by atoms with Gasteiger partial charge >= 0.3 is 5.97 Å². The largest absolute Gasteiger partial charge is 0.480 e. The smallest absolute Gasteiger partial charge is 0.326 e. The number of nitrogens with one attached hydrogen (secondary N) is 2. The number of rotatable bonds is 6. The first-order valence-electron chi connectivity index (χ1n) is 7.54. The van der Waals surface area contributed by atoms with Gasteiger partial charge in [0.2, 0.25) is 5.56 Å². The van der Waals surface area contributed by atoms with Crippen molar-refractivity contribution in [3.05, 3.63) is 50.3 Å². The van der Waals surface area contributed by atoms with Gasteiger partial charge in [-0.15, -0.1) is 0 Å². The molecule has 1 amide bonds. The van der Waals surface area contributed by atoms with Gasteiger partial charge in [-0.3, -0.25) is 19.7 Å². The number of nitro groups is 1. The number of amides is 1. The van der Waals surface area contributed by atoms with E-state index in [1.54, 1.807) is 0 Å². The number of hydrogen-bond donors (Lipinski definition) is 3. The van der Waals surface area contributed by atoms with E-state index in [-0.39, 0.29) is 34.5 Å². The summed E-state index contributed by atoms with van der Waals surface area (Å²) in [5.41, 5.74) is -0.677. The minimum atomic E-state index is -1.19. The molecule has 9 heteroatoms. The van der Waals surface area contributed by atoms with Gasteiger partial charge < -0.3 is 15.4 Å². The molecule has 1 aromatic carbocycles. The molecule has 0 unspecified atom stereocenters. The molecule has 0 saturated carbocycles. The van der Waals surface area contributed by atoms with Crippen molar-refractivity contribution in [3.63, 3.8) is 0 Å². The Hall–Kier alpha value is -3.23. The molecule has 1 heterocycles. The summed E-state index contributed by atoms with van der Waals surface area (Å²) in [6, 6.07) is 3.57. The van der Waals surface area contributed by atoms with Crippen LogP contribution in [-0.4, -0.2) is 32.9 Å². The molecule has 132 valence electrons. The minimum Gasteiger partial charge on any atom is -0.480 e. The third-order valence-corrected chi connectivity index (χ3v) is 3.59. The number of carboxylic acid groups (broad SMARTS) is 1. The van der Waals surface area contributed by atoms with Gasteiger partial charge in [-0.1, -0.05) is 13.8 Å². The summed E-state index contributed by atoms with van der Waals surface area (Å²) >= 11 is 0. The van der Waals surface area contributed by atoms with Gasteiger partial charge in [0, 0.05) is 29.1 Å². The van der Waals surface area contributed by atoms with Crippen LogP contribution in [0, 0.1) is 16.0 Å². The van der Waals surface area contributed by atoms with Gasteiger partial charge in [-0.05, 0) is 18.4 Å². The van der Waals surface area contributed by atoms with E-state index < -0.39 is 28.4 Å². The average molecular weight is 347 g/mol. The summed E-state index contributed by atoms with van der Waals surface area (Å²) in [5, 5.41) is 22.7. The summed E-state index contributed by atoms with van der Waals surface area (Å²) in [7, 11) is 0. The predicted molar refractivity (Wildman–Crippen MR) is 89.6 cm³/mol. The third kappa shape index (κ3) is 4.19. The summed E-state index contributed by atoms with van der Waals surface area (Å²) in [5.74, 6) is -1.94. The van der Waals surface area contributed by atoms with E-state index in [9.17, 15) is 29.6 Å². The van der Waals surface area contributed by atoms with Crippen molar-refractivity contribution in [2.24, 2.45) is 5.92 Å². The molecule has 0 fully saturated rings. The van der Waals surface area contributed by atoms with Crippen molar-refractivity contribution in [2.45, 2.75) is 26.3 Å². The number of carbonyl (C=O) groups is 2. The first kappa shape index (κ1) is 18.1. The number of aliphatic carboxylic acids is 1. The molecule has 25 heavy (non-hydrogen) atoms. The van der Waals surface area contributed by atoms with Crippen molar-refractivity contribution in [1.82, 2.24) is 10.3 Å². The van der Waals surface area contributed by atoms with E-state index in [4.69, 9.17) is 0 Å². The zero-order valence-corrected chi connectivity index (χ0v) is 13.6. The Morgan fingerprint density at radius 3 is 2.56 bits per heavy atom. The van der Waals surface area contributed by atoms with E-state index in [2.05, 4.69) is 10.3 Å². The Kier molecular flexibility index (Phi) is 5.16. The van der Waals surface area contributed by atoms with Crippen LogP contribution < -0.4 is 10.9 Å². The number of aromatic nitrogens is 1. The second-order valence-corrected chi connectivity index (χ2v) is 6.03. The van der Waals surface area contributed by atoms with Crippen LogP contribution in [0.2, 0.25) is 0 Å². The maximum atomic E-state index is 12.5. The van der Waals surface area contributed by atoms with Crippen molar-refractivity contribution in [1.29, 1.82) is 0 Å². The van der Waals surface area contributed by atoms with Gasteiger partial charge in [0.15, 0.2) is 0 Å². The minimum absolute atomic E-state index is 0.0263. The Morgan fingerprint density at radius 2 is 2.00 bits per heavy atom. The van der Waals surface area contributed by atoms with E-state index in [1.165, 1.54) is 18.2 Å². The van der Waals surface area contributed by atoms with Gasteiger partial charge in [0.25, 0.3) is 11.6 Å². The van der Waals surface area contributed by atoms with E-state index in [0.717, 1.165) is 6.07 Å². The van der Waals surface area contributed by atoms with Crippen molar-refractivity contribution in [3.8, 4) is 0 Å². The summed E-state index contributed by atoms with van der Waals surface area (Å²) in [4.78, 5) is 48.3. The lowest BCUT2D eigenvalue weighted by molar-refractivity contribution is -0.384. The fraction of sp³-hybridized carbons (Fsp3) is 0.312. The quantitative estimate of drug-likeness (QED) is 0.536. The number of fused-ring (bicyclic) bond motifs is 1. The van der Waals surface area contributed by atoms with Crippen LogP contribution in [0.15, 0.2) is 29.1 Å². The van der Waals surface area contributed by atoms with E-state index >= 15 is 0 Å². The van der Waals surface area contributed by atoms with Crippen LogP contribution >= 0.6 is 0 Å². The van der Waals surface area contributed by atoms with Crippen LogP contribution in [0.3, 0.4) is 0 Å². The Balaban J connectivity index is 2.49. The average Bonchev–Trinajstić information content (AvgIpc) is 2.52. The van der Waals surface area contributed by atoms with Crippen molar-refractivity contribution < 1.29 is 19.6 Å². The van der Waals surface area contributed by atoms with Crippen LogP contribution in [-0.2, 0) is 4.79 Å². The normalized spacial score (nSPS) is 12.1. The highest BCUT2D eigenvalue weighted by molar-refractivity contribution is 6.07. The molecular formula is C16H17N3O6. The SMILES string of the molecule is CC(C)C[C@H](NC(=O)c1cc(=O)[nH]c2ccc([N+](=O)[O-])cc12)C(=O)O. The number of nitro benzene ring substituents is 1. The first-order chi connectivity index (χ1) is 11.7. The number of non-ortho nitro benzene ring substituents is 1. The lowest BCUT2D eigenvalue weighted by Crippen LogP contribution is -2.42. The van der Waals surface area contributed by atoms with Crippen molar-refractivity contribution >= 4 is 28.5 Å². The van der Waals surface area contributed by atoms with Gasteiger partial charge in [0.05, 0.1) is 10.5 Å².